The Balaban J connectivity index is 2.45. The van der Waals surface area contributed by atoms with Crippen molar-refractivity contribution < 1.29 is 42.1 Å². The first kappa shape index (κ1) is 26.9. The van der Waals surface area contributed by atoms with Crippen LogP contribution in [-0.2, 0) is 16.1 Å². The van der Waals surface area contributed by atoms with Gasteiger partial charge in [0.1, 0.15) is 22.8 Å². The molecule has 0 atom stereocenters. The monoisotopic (exact) mass is 484 g/mol. The van der Waals surface area contributed by atoms with Gasteiger partial charge < -0.3 is 19.3 Å². The van der Waals surface area contributed by atoms with Crippen molar-refractivity contribution >= 4 is 18.0 Å². The van der Waals surface area contributed by atoms with Crippen molar-refractivity contribution in [1.29, 1.82) is 0 Å². The minimum absolute atomic E-state index is 0.159. The molecule has 0 aliphatic rings. The summed E-state index contributed by atoms with van der Waals surface area (Å²) in [6.45, 7) is 9.24. The number of hydrogen-bond acceptors (Lipinski definition) is 7. The number of anilines is 1. The van der Waals surface area contributed by atoms with Crippen LogP contribution in [0.3, 0.4) is 0 Å². The third-order valence-corrected chi connectivity index (χ3v) is 3.93. The molecule has 8 nitrogen and oxygen atoms in total. The van der Waals surface area contributed by atoms with Crippen LogP contribution < -0.4 is 9.64 Å². The average Bonchev–Trinajstić information content (AvgIpc) is 2.64. The zero-order valence-electron chi connectivity index (χ0n) is 19.7. The summed E-state index contributed by atoms with van der Waals surface area (Å²) in [5, 5.41) is 9.89. The Bertz CT molecular complexity index is 997. The van der Waals surface area contributed by atoms with Crippen LogP contribution in [0.15, 0.2) is 36.5 Å². The second kappa shape index (κ2) is 9.88. The lowest BCUT2D eigenvalue weighted by Gasteiger charge is -2.28. The van der Waals surface area contributed by atoms with Crippen molar-refractivity contribution in [2.75, 3.05) is 4.90 Å². The number of halogens is 3. The molecule has 0 aliphatic carbocycles. The third kappa shape index (κ3) is 7.91. The summed E-state index contributed by atoms with van der Waals surface area (Å²) in [6, 6.07) is 6.24. The summed E-state index contributed by atoms with van der Waals surface area (Å²) in [7, 11) is 0. The van der Waals surface area contributed by atoms with Gasteiger partial charge in [0.05, 0.1) is 6.61 Å². The van der Waals surface area contributed by atoms with E-state index in [1.807, 2.05) is 0 Å². The first-order valence-corrected chi connectivity index (χ1v) is 10.2. The molecule has 0 saturated carbocycles. The van der Waals surface area contributed by atoms with Gasteiger partial charge in [0.15, 0.2) is 0 Å². The molecule has 34 heavy (non-hydrogen) atoms. The molecule has 2 amide bonds. The van der Waals surface area contributed by atoms with Gasteiger partial charge in [0.2, 0.25) is 0 Å². The minimum Gasteiger partial charge on any atom is -0.443 e. The van der Waals surface area contributed by atoms with E-state index in [-0.39, 0.29) is 11.4 Å². The number of alkyl halides is 3. The average molecular weight is 484 g/mol. The summed E-state index contributed by atoms with van der Waals surface area (Å²) in [4.78, 5) is 30.3. The number of aliphatic hydroxyl groups excluding tert-OH is 1. The smallest absolute Gasteiger partial charge is 0.443 e. The molecule has 0 spiro atoms. The van der Waals surface area contributed by atoms with Crippen molar-refractivity contribution in [2.45, 2.75) is 65.7 Å². The van der Waals surface area contributed by atoms with E-state index in [1.54, 1.807) is 41.5 Å². The normalized spacial score (nSPS) is 12.2. The zero-order chi connectivity index (χ0) is 25.9. The standard InChI is InChI=1S/C23H27F3N2O6/c1-21(2,3)33-19(30)28(20(31)34-22(4,5)6)18-11-15(13-29)17(12-27-18)14-7-9-16(10-8-14)32-23(24,25)26/h7-12,29H,13H2,1-6H3. The fourth-order valence-corrected chi connectivity index (χ4v) is 2.71. The third-order valence-electron chi connectivity index (χ3n) is 3.93. The Morgan fingerprint density at radius 2 is 1.44 bits per heavy atom. The highest BCUT2D eigenvalue weighted by molar-refractivity contribution is 6.08. The van der Waals surface area contributed by atoms with E-state index < -0.39 is 42.1 Å². The van der Waals surface area contributed by atoms with E-state index in [0.29, 0.717) is 16.0 Å². The molecule has 1 aromatic carbocycles. The maximum absolute atomic E-state index is 12.8. The molecule has 1 aromatic heterocycles. The fourth-order valence-electron chi connectivity index (χ4n) is 2.71. The molecule has 2 aromatic rings. The molecular weight excluding hydrogens is 457 g/mol. The summed E-state index contributed by atoms with van der Waals surface area (Å²) < 4.78 is 51.7. The molecule has 0 bridgehead atoms. The van der Waals surface area contributed by atoms with Gasteiger partial charge in [0, 0.05) is 11.8 Å². The number of rotatable bonds is 4. The van der Waals surface area contributed by atoms with Crippen LogP contribution >= 0.6 is 0 Å². The maximum atomic E-state index is 12.8. The SMILES string of the molecule is CC(C)(C)OC(=O)N(C(=O)OC(C)(C)C)c1cc(CO)c(-c2ccc(OC(F)(F)F)cc2)cn1. The summed E-state index contributed by atoms with van der Waals surface area (Å²) >= 11 is 0. The van der Waals surface area contributed by atoms with Crippen LogP contribution in [0.25, 0.3) is 11.1 Å². The van der Waals surface area contributed by atoms with E-state index in [4.69, 9.17) is 9.47 Å². The number of benzene rings is 1. The van der Waals surface area contributed by atoms with Gasteiger partial charge in [-0.1, -0.05) is 12.1 Å². The Morgan fingerprint density at radius 1 is 0.941 bits per heavy atom. The summed E-state index contributed by atoms with van der Waals surface area (Å²) in [5.41, 5.74) is -0.780. The molecule has 0 aliphatic heterocycles. The van der Waals surface area contributed by atoms with Crippen molar-refractivity contribution in [3.63, 3.8) is 0 Å². The number of carbonyl (C=O) groups is 2. The van der Waals surface area contributed by atoms with Crippen molar-refractivity contribution in [2.24, 2.45) is 0 Å². The van der Waals surface area contributed by atoms with Crippen molar-refractivity contribution in [3.8, 4) is 16.9 Å². The van der Waals surface area contributed by atoms with Crippen LogP contribution in [-0.4, -0.2) is 39.8 Å². The maximum Gasteiger partial charge on any atom is 0.573 e. The minimum atomic E-state index is -4.83. The predicted octanol–water partition coefficient (Wildman–Crippen LogP) is 5.82. The van der Waals surface area contributed by atoms with Crippen LogP contribution in [0.4, 0.5) is 28.6 Å². The molecule has 1 N–H and O–H groups in total. The van der Waals surface area contributed by atoms with E-state index in [2.05, 4.69) is 9.72 Å². The molecule has 0 saturated heterocycles. The topological polar surface area (TPSA) is 98.2 Å². The van der Waals surface area contributed by atoms with Gasteiger partial charge in [-0.3, -0.25) is 0 Å². The number of carbonyl (C=O) groups excluding carboxylic acids is 2. The molecular formula is C23H27F3N2O6. The van der Waals surface area contributed by atoms with E-state index in [0.717, 1.165) is 12.1 Å². The number of ether oxygens (including phenoxy) is 3. The molecule has 0 radical (unpaired) electrons. The van der Waals surface area contributed by atoms with Crippen LogP contribution in [0.2, 0.25) is 0 Å². The summed E-state index contributed by atoms with van der Waals surface area (Å²) in [5.74, 6) is -0.569. The highest BCUT2D eigenvalue weighted by Crippen LogP contribution is 2.30. The predicted molar refractivity (Wildman–Crippen MR) is 117 cm³/mol. The Labute approximate surface area is 195 Å². The first-order chi connectivity index (χ1) is 15.5. The number of nitrogens with zero attached hydrogens (tertiary/aromatic N) is 2. The van der Waals surface area contributed by atoms with Gasteiger partial charge in [-0.15, -0.1) is 13.2 Å². The van der Waals surface area contributed by atoms with Crippen LogP contribution in [0, 0.1) is 0 Å². The lowest BCUT2D eigenvalue weighted by molar-refractivity contribution is -0.274. The second-order valence-electron chi connectivity index (χ2n) is 9.23. The van der Waals surface area contributed by atoms with Gasteiger partial charge in [-0.2, -0.15) is 4.90 Å². The number of imide groups is 1. The van der Waals surface area contributed by atoms with Crippen LogP contribution in [0.1, 0.15) is 47.1 Å². The quantitative estimate of drug-likeness (QED) is 0.584. The second-order valence-corrected chi connectivity index (χ2v) is 9.23. The number of aliphatic hydroxyl groups is 1. The Hall–Kier alpha value is -3.34. The molecule has 2 rings (SSSR count). The van der Waals surface area contributed by atoms with Gasteiger partial charge in [-0.25, -0.2) is 14.6 Å². The number of aromatic nitrogens is 1. The van der Waals surface area contributed by atoms with Gasteiger partial charge in [0.25, 0.3) is 0 Å². The van der Waals surface area contributed by atoms with E-state index >= 15 is 0 Å². The van der Waals surface area contributed by atoms with Gasteiger partial charge in [-0.05, 0) is 70.9 Å². The van der Waals surface area contributed by atoms with E-state index in [9.17, 15) is 27.9 Å². The zero-order valence-corrected chi connectivity index (χ0v) is 19.7. The van der Waals surface area contributed by atoms with Gasteiger partial charge >= 0.3 is 18.5 Å². The fraction of sp³-hybridized carbons (Fsp3) is 0.435. The van der Waals surface area contributed by atoms with Crippen molar-refractivity contribution in [3.05, 3.63) is 42.1 Å². The Morgan fingerprint density at radius 3 is 1.85 bits per heavy atom. The number of amides is 2. The molecule has 186 valence electrons. The first-order valence-electron chi connectivity index (χ1n) is 10.2. The largest absolute Gasteiger partial charge is 0.573 e. The lowest BCUT2D eigenvalue weighted by Crippen LogP contribution is -2.44. The highest BCUT2D eigenvalue weighted by atomic mass is 19.4. The molecule has 11 heteroatoms. The molecule has 0 unspecified atom stereocenters. The lowest BCUT2D eigenvalue weighted by atomic mass is 10.0. The number of pyridine rings is 1. The highest BCUT2D eigenvalue weighted by Gasteiger charge is 2.34. The number of hydrogen-bond donors (Lipinski definition) is 1. The van der Waals surface area contributed by atoms with Crippen LogP contribution in [0.5, 0.6) is 5.75 Å². The molecule has 0 fully saturated rings. The van der Waals surface area contributed by atoms with E-state index in [1.165, 1.54) is 24.4 Å². The summed E-state index contributed by atoms with van der Waals surface area (Å²) in [6.07, 6.45) is -5.60. The van der Waals surface area contributed by atoms with Crippen molar-refractivity contribution in [1.82, 2.24) is 4.98 Å². The molecule has 1 heterocycles. The Kier molecular flexibility index (Phi) is 7.82.